The van der Waals surface area contributed by atoms with Crippen LogP contribution in [0.5, 0.6) is 11.5 Å². The molecule has 3 atom stereocenters. The Morgan fingerprint density at radius 1 is 0.682 bits per heavy atom. The largest absolute Gasteiger partial charge is 0.497 e. The molecule has 1 aliphatic rings. The minimum absolute atomic E-state index is 0.0114. The van der Waals surface area contributed by atoms with E-state index >= 15 is 0 Å². The lowest BCUT2D eigenvalue weighted by Gasteiger charge is -2.43. The van der Waals surface area contributed by atoms with E-state index in [1.165, 1.54) is 6.92 Å². The second kappa shape index (κ2) is 12.7. The Bertz CT molecular complexity index is 1440. The van der Waals surface area contributed by atoms with Crippen LogP contribution in [0, 0.1) is 5.92 Å². The van der Waals surface area contributed by atoms with Gasteiger partial charge >= 0.3 is 0 Å². The molecule has 232 valence electrons. The van der Waals surface area contributed by atoms with Crippen LogP contribution in [0.25, 0.3) is 0 Å². The molecule has 0 spiro atoms. The van der Waals surface area contributed by atoms with Gasteiger partial charge in [-0.05, 0) is 53.4 Å². The van der Waals surface area contributed by atoms with Gasteiger partial charge in [-0.3, -0.25) is 0 Å². The van der Waals surface area contributed by atoms with Crippen LogP contribution in [-0.2, 0) is 21.5 Å². The quantitative estimate of drug-likeness (QED) is 0.180. The van der Waals surface area contributed by atoms with Crippen molar-refractivity contribution in [2.24, 2.45) is 5.92 Å². The first-order valence-corrected chi connectivity index (χ1v) is 14.6. The fraction of sp³-hybridized carbons (Fsp3) is 0.333. The van der Waals surface area contributed by atoms with Gasteiger partial charge in [-0.25, -0.2) is 0 Å². The highest BCUT2D eigenvalue weighted by Crippen LogP contribution is 2.52. The summed E-state index contributed by atoms with van der Waals surface area (Å²) in [6.45, 7) is -0.236. The predicted octanol–water partition coefficient (Wildman–Crippen LogP) is 4.06. The highest BCUT2D eigenvalue weighted by molar-refractivity contribution is 5.49. The minimum Gasteiger partial charge on any atom is -0.497 e. The number of methoxy groups -OCH3 is 2. The molecule has 8 nitrogen and oxygen atoms in total. The molecule has 1 heterocycles. The second-order valence-corrected chi connectivity index (χ2v) is 11.4. The molecule has 0 aliphatic carbocycles. The molecule has 0 unspecified atom stereocenters. The van der Waals surface area contributed by atoms with Crippen molar-refractivity contribution in [2.75, 3.05) is 34.0 Å². The van der Waals surface area contributed by atoms with E-state index in [1.54, 1.807) is 14.2 Å². The molecular weight excluding hydrogens is 560 g/mol. The maximum absolute atomic E-state index is 12.5. The molecule has 0 saturated carbocycles. The van der Waals surface area contributed by atoms with Crippen LogP contribution in [0.4, 0.5) is 0 Å². The second-order valence-electron chi connectivity index (χ2n) is 11.4. The molecule has 0 radical (unpaired) electrons. The minimum atomic E-state index is -1.97. The van der Waals surface area contributed by atoms with E-state index in [-0.39, 0.29) is 13.0 Å². The van der Waals surface area contributed by atoms with Crippen LogP contribution >= 0.6 is 0 Å². The van der Waals surface area contributed by atoms with Crippen molar-refractivity contribution in [3.8, 4) is 11.5 Å². The van der Waals surface area contributed by atoms with E-state index in [2.05, 4.69) is 0 Å². The van der Waals surface area contributed by atoms with Crippen molar-refractivity contribution in [2.45, 2.75) is 35.9 Å². The molecule has 8 heteroatoms. The highest BCUT2D eigenvalue weighted by Gasteiger charge is 2.69. The summed E-state index contributed by atoms with van der Waals surface area (Å²) < 4.78 is 23.9. The summed E-state index contributed by atoms with van der Waals surface area (Å²) in [5, 5.41) is 45.2. The van der Waals surface area contributed by atoms with Crippen molar-refractivity contribution in [3.05, 3.63) is 131 Å². The maximum Gasteiger partial charge on any atom is 0.171 e. The van der Waals surface area contributed by atoms with E-state index in [9.17, 15) is 20.4 Å². The number of aliphatic hydroxyl groups is 4. The smallest absolute Gasteiger partial charge is 0.171 e. The van der Waals surface area contributed by atoms with Crippen LogP contribution in [0.1, 0.15) is 29.2 Å². The third-order valence-electron chi connectivity index (χ3n) is 8.88. The average Bonchev–Trinajstić information content (AvgIpc) is 3.23. The van der Waals surface area contributed by atoms with Gasteiger partial charge < -0.3 is 39.4 Å². The third kappa shape index (κ3) is 5.49. The van der Waals surface area contributed by atoms with E-state index in [0.717, 1.165) is 22.3 Å². The molecule has 1 fully saturated rings. The molecule has 1 saturated heterocycles. The maximum atomic E-state index is 12.5. The van der Waals surface area contributed by atoms with E-state index in [0.29, 0.717) is 11.5 Å². The van der Waals surface area contributed by atoms with Crippen LogP contribution in [0.15, 0.2) is 109 Å². The molecule has 0 aromatic heterocycles. The van der Waals surface area contributed by atoms with Crippen LogP contribution in [0.3, 0.4) is 0 Å². The Labute approximate surface area is 258 Å². The van der Waals surface area contributed by atoms with E-state index in [1.807, 2.05) is 109 Å². The Morgan fingerprint density at radius 2 is 1.14 bits per heavy atom. The molecule has 0 amide bonds. The van der Waals surface area contributed by atoms with Gasteiger partial charge in [-0.15, -0.1) is 0 Å². The first kappa shape index (κ1) is 31.7. The van der Waals surface area contributed by atoms with Gasteiger partial charge in [0.25, 0.3) is 0 Å². The van der Waals surface area contributed by atoms with Crippen molar-refractivity contribution in [3.63, 3.8) is 0 Å². The SMILES string of the molecule is COc1ccc(C(OC[C@@H]2[C@@](C)(O)OC(CO)(CO)[C@]2(O)Cc2ccccc2)(c2ccccc2)c2ccc(OC)cc2)cc1. The van der Waals surface area contributed by atoms with Crippen LogP contribution < -0.4 is 9.47 Å². The van der Waals surface area contributed by atoms with Gasteiger partial charge in [0.15, 0.2) is 5.79 Å². The van der Waals surface area contributed by atoms with Crippen molar-refractivity contribution >= 4 is 0 Å². The number of benzene rings is 4. The Balaban J connectivity index is 1.67. The Hall–Kier alpha value is -3.76. The van der Waals surface area contributed by atoms with Crippen LogP contribution in [0.2, 0.25) is 0 Å². The van der Waals surface area contributed by atoms with Gasteiger partial charge in [0.2, 0.25) is 0 Å². The van der Waals surface area contributed by atoms with Gasteiger partial charge in [0.1, 0.15) is 28.3 Å². The normalized spacial score (nSPS) is 22.9. The molecule has 1 aliphatic heterocycles. The standard InChI is InChI=1S/C36H40O8/c1-33(39)32(35(40,34(24-37,25-38)44-33)22-26-10-6-4-7-11-26)23-43-36(27-12-8-5-9-13-27,28-14-18-30(41-2)19-15-28)29-16-20-31(42-3)21-17-29/h4-21,32,37-40H,22-25H2,1-3H3/t32-,33+,35+/m1/s1. The average molecular weight is 601 g/mol. The number of rotatable bonds is 12. The lowest BCUT2D eigenvalue weighted by Crippen LogP contribution is -2.61. The third-order valence-corrected chi connectivity index (χ3v) is 8.88. The number of hydrogen-bond acceptors (Lipinski definition) is 8. The van der Waals surface area contributed by atoms with Gasteiger partial charge in [-0.1, -0.05) is 84.9 Å². The molecular formula is C36H40O8. The summed E-state index contributed by atoms with van der Waals surface area (Å²) in [5.74, 6) is -1.73. The fourth-order valence-corrected chi connectivity index (χ4v) is 6.47. The van der Waals surface area contributed by atoms with E-state index in [4.69, 9.17) is 18.9 Å². The number of hydrogen-bond donors (Lipinski definition) is 4. The zero-order chi connectivity index (χ0) is 31.4. The molecule has 4 N–H and O–H groups in total. The van der Waals surface area contributed by atoms with Gasteiger partial charge in [-0.2, -0.15) is 0 Å². The predicted molar refractivity (Wildman–Crippen MR) is 165 cm³/mol. The number of aliphatic hydroxyl groups excluding tert-OH is 2. The zero-order valence-electron chi connectivity index (χ0n) is 25.2. The zero-order valence-corrected chi connectivity index (χ0v) is 25.2. The summed E-state index contributed by atoms with van der Waals surface area (Å²) >= 11 is 0. The molecule has 4 aromatic carbocycles. The summed E-state index contributed by atoms with van der Waals surface area (Å²) in [6, 6.07) is 34.0. The summed E-state index contributed by atoms with van der Waals surface area (Å²) in [4.78, 5) is 0. The van der Waals surface area contributed by atoms with Crippen molar-refractivity contribution in [1.29, 1.82) is 0 Å². The molecule has 0 bridgehead atoms. The summed E-state index contributed by atoms with van der Waals surface area (Å²) in [5.41, 5.74) is -1.93. The van der Waals surface area contributed by atoms with Crippen molar-refractivity contribution < 1.29 is 39.4 Å². The first-order chi connectivity index (χ1) is 21.2. The monoisotopic (exact) mass is 600 g/mol. The topological polar surface area (TPSA) is 118 Å². The van der Waals surface area contributed by atoms with Gasteiger partial charge in [0, 0.05) is 6.42 Å². The summed E-state index contributed by atoms with van der Waals surface area (Å²) in [7, 11) is 3.20. The van der Waals surface area contributed by atoms with Gasteiger partial charge in [0.05, 0.1) is 40.0 Å². The first-order valence-electron chi connectivity index (χ1n) is 14.6. The van der Waals surface area contributed by atoms with Crippen LogP contribution in [-0.4, -0.2) is 71.5 Å². The molecule has 44 heavy (non-hydrogen) atoms. The lowest BCUT2D eigenvalue weighted by molar-refractivity contribution is -0.251. The Kier molecular flexibility index (Phi) is 9.13. The highest BCUT2D eigenvalue weighted by atomic mass is 16.7. The lowest BCUT2D eigenvalue weighted by atomic mass is 9.71. The van der Waals surface area contributed by atoms with E-state index < -0.39 is 41.7 Å². The Morgan fingerprint density at radius 3 is 1.59 bits per heavy atom. The molecule has 4 aromatic rings. The van der Waals surface area contributed by atoms with Crippen molar-refractivity contribution in [1.82, 2.24) is 0 Å². The summed E-state index contributed by atoms with van der Waals surface area (Å²) in [6.07, 6.45) is -0.0114. The number of ether oxygens (including phenoxy) is 4. The fourth-order valence-electron chi connectivity index (χ4n) is 6.47. The molecule has 5 rings (SSSR count).